The number of nitrogens with zero attached hydrogens (tertiary/aromatic N) is 5. The highest BCUT2D eigenvalue weighted by Crippen LogP contribution is 2.46. The number of rotatable bonds is 6. The molecular formula is C44H47N7O4. The van der Waals surface area contributed by atoms with Crippen molar-refractivity contribution < 1.29 is 19.2 Å². The average Bonchev–Trinajstić information content (AvgIpc) is 3.76. The molecule has 11 heteroatoms. The zero-order chi connectivity index (χ0) is 38.2. The van der Waals surface area contributed by atoms with Crippen LogP contribution in [-0.2, 0) is 34.5 Å². The molecule has 4 aromatic rings. The first kappa shape index (κ1) is 35.4. The van der Waals surface area contributed by atoms with Crippen LogP contribution < -0.4 is 10.2 Å². The Kier molecular flexibility index (Phi) is 8.66. The molecule has 0 saturated carbocycles. The van der Waals surface area contributed by atoms with Crippen LogP contribution in [0.1, 0.15) is 106 Å². The van der Waals surface area contributed by atoms with Gasteiger partial charge in [-0.3, -0.25) is 34.3 Å². The predicted molar refractivity (Wildman–Crippen MR) is 209 cm³/mol. The molecule has 3 amide bonds. The number of anilines is 1. The SMILES string of the molecule is CCc1cc2c(cc1N1CCC(N3CCN(Cc4cccc5c4CN(C4CCC(=O)NC4=O)C5=O)CC3)CC1)C(C)(C)c1[nH]c3cc(C#N)ccc3c1C2=O. The monoisotopic (exact) mass is 737 g/mol. The number of piperidine rings is 2. The van der Waals surface area contributed by atoms with E-state index in [4.69, 9.17) is 0 Å². The highest BCUT2D eigenvalue weighted by atomic mass is 16.2. The number of hydrogen-bond donors (Lipinski definition) is 2. The van der Waals surface area contributed by atoms with Crippen LogP contribution in [0.15, 0.2) is 48.5 Å². The van der Waals surface area contributed by atoms with Gasteiger partial charge in [0.05, 0.1) is 17.2 Å². The molecule has 0 spiro atoms. The van der Waals surface area contributed by atoms with Gasteiger partial charge in [0.2, 0.25) is 11.8 Å². The Hall–Kier alpha value is -5.31. The lowest BCUT2D eigenvalue weighted by Crippen LogP contribution is -2.53. The van der Waals surface area contributed by atoms with E-state index in [1.807, 2.05) is 24.3 Å². The van der Waals surface area contributed by atoms with Crippen LogP contribution in [0.5, 0.6) is 0 Å². The molecule has 3 saturated heterocycles. The summed E-state index contributed by atoms with van der Waals surface area (Å²) in [7, 11) is 0. The molecule has 0 radical (unpaired) electrons. The molecule has 1 unspecified atom stereocenters. The molecule has 2 N–H and O–H groups in total. The summed E-state index contributed by atoms with van der Waals surface area (Å²) in [5.41, 5.74) is 9.74. The number of aromatic amines is 1. The lowest BCUT2D eigenvalue weighted by Gasteiger charge is -2.44. The second kappa shape index (κ2) is 13.5. The van der Waals surface area contributed by atoms with Crippen molar-refractivity contribution in [2.75, 3.05) is 44.2 Å². The van der Waals surface area contributed by atoms with E-state index in [0.29, 0.717) is 30.1 Å². The van der Waals surface area contributed by atoms with Gasteiger partial charge in [-0.1, -0.05) is 39.0 Å². The molecule has 3 aromatic carbocycles. The minimum absolute atomic E-state index is 0.0544. The summed E-state index contributed by atoms with van der Waals surface area (Å²) in [6.45, 7) is 13.6. The van der Waals surface area contributed by atoms with E-state index in [-0.39, 0.29) is 29.9 Å². The maximum atomic E-state index is 14.1. The van der Waals surface area contributed by atoms with Crippen molar-refractivity contribution in [3.05, 3.63) is 98.7 Å². The van der Waals surface area contributed by atoms with Gasteiger partial charge in [-0.2, -0.15) is 5.26 Å². The number of nitrogens with one attached hydrogen (secondary N) is 2. The van der Waals surface area contributed by atoms with Crippen molar-refractivity contribution in [3.8, 4) is 6.07 Å². The van der Waals surface area contributed by atoms with Gasteiger partial charge in [-0.05, 0) is 78.3 Å². The molecule has 55 heavy (non-hydrogen) atoms. The highest BCUT2D eigenvalue weighted by molar-refractivity contribution is 6.20. The lowest BCUT2D eigenvalue weighted by atomic mass is 9.70. The summed E-state index contributed by atoms with van der Waals surface area (Å²) in [6.07, 6.45) is 3.63. The molecule has 1 aliphatic carbocycles. The predicted octanol–water partition coefficient (Wildman–Crippen LogP) is 5.02. The van der Waals surface area contributed by atoms with Gasteiger partial charge in [-0.25, -0.2) is 0 Å². The van der Waals surface area contributed by atoms with Crippen molar-refractivity contribution in [1.82, 2.24) is 25.0 Å². The van der Waals surface area contributed by atoms with E-state index in [2.05, 4.69) is 70.0 Å². The molecule has 1 atom stereocenters. The maximum absolute atomic E-state index is 14.1. The minimum Gasteiger partial charge on any atom is -0.371 e. The van der Waals surface area contributed by atoms with Gasteiger partial charge >= 0.3 is 0 Å². The summed E-state index contributed by atoms with van der Waals surface area (Å²) in [5.74, 6) is -0.724. The third kappa shape index (κ3) is 5.85. The number of benzene rings is 3. The zero-order valence-corrected chi connectivity index (χ0v) is 31.8. The van der Waals surface area contributed by atoms with Gasteiger partial charge in [0.15, 0.2) is 5.78 Å². The van der Waals surface area contributed by atoms with Gasteiger partial charge in [0, 0.05) is 104 Å². The van der Waals surface area contributed by atoms with Crippen molar-refractivity contribution in [2.24, 2.45) is 0 Å². The van der Waals surface area contributed by atoms with E-state index >= 15 is 0 Å². The number of nitriles is 1. The van der Waals surface area contributed by atoms with Crippen molar-refractivity contribution in [1.29, 1.82) is 5.26 Å². The lowest BCUT2D eigenvalue weighted by molar-refractivity contribution is -0.136. The first-order chi connectivity index (χ1) is 26.5. The van der Waals surface area contributed by atoms with Gasteiger partial charge in [0.25, 0.3) is 5.91 Å². The number of ketones is 1. The van der Waals surface area contributed by atoms with Crippen LogP contribution in [0.25, 0.3) is 10.9 Å². The number of carbonyl (C=O) groups excluding carboxylic acids is 4. The summed E-state index contributed by atoms with van der Waals surface area (Å²) < 4.78 is 0. The van der Waals surface area contributed by atoms with Crippen LogP contribution in [0.4, 0.5) is 5.69 Å². The smallest absolute Gasteiger partial charge is 0.255 e. The number of aryl methyl sites for hydroxylation is 1. The van der Waals surface area contributed by atoms with E-state index in [0.717, 1.165) is 109 Å². The Morgan fingerprint density at radius 2 is 1.67 bits per heavy atom. The van der Waals surface area contributed by atoms with Crippen LogP contribution in [0.3, 0.4) is 0 Å². The first-order valence-electron chi connectivity index (χ1n) is 19.8. The largest absolute Gasteiger partial charge is 0.371 e. The topological polar surface area (TPSA) is 133 Å². The quantitative estimate of drug-likeness (QED) is 0.264. The second-order valence-corrected chi connectivity index (χ2v) is 16.5. The number of aromatic nitrogens is 1. The number of hydrogen-bond acceptors (Lipinski definition) is 8. The van der Waals surface area contributed by atoms with E-state index in [9.17, 15) is 24.4 Å². The summed E-state index contributed by atoms with van der Waals surface area (Å²) in [5, 5.41) is 12.8. The third-order valence-corrected chi connectivity index (χ3v) is 13.1. The maximum Gasteiger partial charge on any atom is 0.255 e. The van der Waals surface area contributed by atoms with Gasteiger partial charge in [0.1, 0.15) is 6.04 Å². The minimum atomic E-state index is -0.605. The van der Waals surface area contributed by atoms with Crippen LogP contribution in [0, 0.1) is 11.3 Å². The second-order valence-electron chi connectivity index (χ2n) is 16.5. The Labute approximate surface area is 321 Å². The van der Waals surface area contributed by atoms with Gasteiger partial charge < -0.3 is 14.8 Å². The number of carbonyl (C=O) groups is 4. The van der Waals surface area contributed by atoms with Crippen LogP contribution >= 0.6 is 0 Å². The fourth-order valence-electron chi connectivity index (χ4n) is 9.95. The number of piperazine rings is 1. The number of H-pyrrole nitrogens is 1. The number of amides is 3. The number of fused-ring (bicyclic) bond motifs is 5. The highest BCUT2D eigenvalue weighted by Gasteiger charge is 2.42. The van der Waals surface area contributed by atoms with Crippen LogP contribution in [-0.4, -0.2) is 94.5 Å². The first-order valence-corrected chi connectivity index (χ1v) is 19.8. The molecule has 1 aromatic heterocycles. The molecule has 9 rings (SSSR count). The summed E-state index contributed by atoms with van der Waals surface area (Å²) in [4.78, 5) is 64.6. The standard InChI is InChI=1S/C44H47N7O4/c1-4-27-21-32-34(44(2,3)41-39(40(32)53)31-9-8-26(23-45)20-35(31)46-41)22-37(27)50-14-12-29(13-15-50)49-18-16-48(17-19-49)24-28-6-5-7-30-33(28)25-51(43(30)55)36-10-11-38(52)47-42(36)54/h5-9,20-22,29,36,46H,4,10-19,24-25H2,1-3H3,(H,47,52,54). The zero-order valence-electron chi connectivity index (χ0n) is 31.8. The average molecular weight is 738 g/mol. The molecule has 3 fully saturated rings. The summed E-state index contributed by atoms with van der Waals surface area (Å²) in [6, 6.07) is 18.0. The molecule has 11 nitrogen and oxygen atoms in total. The van der Waals surface area contributed by atoms with Crippen molar-refractivity contribution >= 4 is 40.1 Å². The molecule has 0 bridgehead atoms. The Balaban J connectivity index is 0.848. The van der Waals surface area contributed by atoms with Crippen LogP contribution in [0.2, 0.25) is 0 Å². The van der Waals surface area contributed by atoms with Gasteiger partial charge in [-0.15, -0.1) is 0 Å². The number of imide groups is 1. The molecule has 4 aliphatic heterocycles. The van der Waals surface area contributed by atoms with E-state index < -0.39 is 11.5 Å². The Bertz CT molecular complexity index is 2320. The van der Waals surface area contributed by atoms with Crippen molar-refractivity contribution in [2.45, 2.75) is 83.5 Å². The molecule has 5 heterocycles. The Morgan fingerprint density at radius 1 is 0.891 bits per heavy atom. The molecular weight excluding hydrogens is 691 g/mol. The normalized spacial score (nSPS) is 21.7. The fraction of sp³-hybridized carbons (Fsp3) is 0.432. The van der Waals surface area contributed by atoms with E-state index in [1.165, 1.54) is 11.3 Å². The fourth-order valence-corrected chi connectivity index (χ4v) is 9.95. The summed E-state index contributed by atoms with van der Waals surface area (Å²) >= 11 is 0. The third-order valence-electron chi connectivity index (χ3n) is 13.1. The Morgan fingerprint density at radius 3 is 2.40 bits per heavy atom. The molecule has 5 aliphatic rings. The molecule has 282 valence electrons. The van der Waals surface area contributed by atoms with E-state index in [1.54, 1.807) is 11.0 Å². The van der Waals surface area contributed by atoms with Crippen molar-refractivity contribution in [3.63, 3.8) is 0 Å².